The van der Waals surface area contributed by atoms with Crippen molar-refractivity contribution in [3.05, 3.63) is 82.7 Å². The van der Waals surface area contributed by atoms with E-state index in [4.69, 9.17) is 0 Å². The van der Waals surface area contributed by atoms with Crippen molar-refractivity contribution in [1.29, 1.82) is 0 Å². The second kappa shape index (κ2) is 7.54. The Hall–Kier alpha value is -3.68. The number of aryl methyl sites for hydroxylation is 3. The minimum Gasteiger partial charge on any atom is -0.322 e. The highest BCUT2D eigenvalue weighted by Gasteiger charge is 2.36. The first kappa shape index (κ1) is 20.6. The third-order valence-corrected chi connectivity index (χ3v) is 5.00. The van der Waals surface area contributed by atoms with E-state index >= 15 is 0 Å². The molecule has 0 saturated heterocycles. The highest BCUT2D eigenvalue weighted by Crippen LogP contribution is 2.33. The molecule has 2 aromatic carbocycles. The van der Waals surface area contributed by atoms with Gasteiger partial charge < -0.3 is 5.32 Å². The fraction of sp³-hybridized carbons (Fsp3) is 0.174. The Kier molecular flexibility index (Phi) is 5.00. The van der Waals surface area contributed by atoms with Gasteiger partial charge in [-0.15, -0.1) is 0 Å². The number of alkyl halides is 3. The van der Waals surface area contributed by atoms with Gasteiger partial charge in [0.2, 0.25) is 0 Å². The molecule has 1 N–H and O–H groups in total. The molecule has 2 heterocycles. The van der Waals surface area contributed by atoms with Crippen LogP contribution in [0, 0.1) is 20.8 Å². The van der Waals surface area contributed by atoms with Gasteiger partial charge in [-0.1, -0.05) is 42.0 Å². The number of rotatable bonds is 3. The third-order valence-electron chi connectivity index (χ3n) is 5.00. The molecular formula is C23H19F3N4O. The van der Waals surface area contributed by atoms with Crippen molar-refractivity contribution >= 4 is 17.2 Å². The fourth-order valence-electron chi connectivity index (χ4n) is 3.26. The van der Waals surface area contributed by atoms with Crippen LogP contribution >= 0.6 is 0 Å². The van der Waals surface area contributed by atoms with Gasteiger partial charge in [-0.3, -0.25) is 4.79 Å². The largest absolute Gasteiger partial charge is 0.433 e. The average molecular weight is 424 g/mol. The molecule has 0 radical (unpaired) electrons. The van der Waals surface area contributed by atoms with E-state index in [1.807, 2.05) is 32.9 Å². The summed E-state index contributed by atoms with van der Waals surface area (Å²) in [6.45, 7) is 5.60. The minimum absolute atomic E-state index is 0.0413. The minimum atomic E-state index is -4.67. The van der Waals surface area contributed by atoms with E-state index < -0.39 is 17.8 Å². The van der Waals surface area contributed by atoms with Crippen molar-refractivity contribution in [1.82, 2.24) is 14.6 Å². The predicted molar refractivity (Wildman–Crippen MR) is 112 cm³/mol. The number of aromatic nitrogens is 3. The molecule has 5 nitrogen and oxygen atoms in total. The van der Waals surface area contributed by atoms with Crippen LogP contribution in [0.2, 0.25) is 0 Å². The van der Waals surface area contributed by atoms with Crippen molar-refractivity contribution in [3.8, 4) is 11.3 Å². The number of fused-ring (bicyclic) bond motifs is 1. The van der Waals surface area contributed by atoms with Crippen molar-refractivity contribution < 1.29 is 18.0 Å². The molecule has 31 heavy (non-hydrogen) atoms. The van der Waals surface area contributed by atoms with E-state index in [2.05, 4.69) is 15.4 Å². The van der Waals surface area contributed by atoms with E-state index in [-0.39, 0.29) is 16.9 Å². The highest BCUT2D eigenvalue weighted by molar-refractivity contribution is 6.08. The van der Waals surface area contributed by atoms with Crippen LogP contribution in [-0.4, -0.2) is 20.5 Å². The van der Waals surface area contributed by atoms with Gasteiger partial charge >= 0.3 is 6.18 Å². The van der Waals surface area contributed by atoms with Gasteiger partial charge in [-0.2, -0.15) is 18.3 Å². The Bertz CT molecular complexity index is 1290. The van der Waals surface area contributed by atoms with Crippen LogP contribution in [0.5, 0.6) is 0 Å². The number of hydrogen-bond donors (Lipinski definition) is 1. The first-order chi connectivity index (χ1) is 14.6. The van der Waals surface area contributed by atoms with Crippen LogP contribution in [0.3, 0.4) is 0 Å². The highest BCUT2D eigenvalue weighted by atomic mass is 19.4. The Labute approximate surface area is 176 Å². The number of hydrogen-bond acceptors (Lipinski definition) is 3. The lowest BCUT2D eigenvalue weighted by atomic mass is 10.1. The molecule has 4 rings (SSSR count). The van der Waals surface area contributed by atoms with Gasteiger partial charge in [-0.05, 0) is 44.0 Å². The smallest absolute Gasteiger partial charge is 0.322 e. The Morgan fingerprint density at radius 3 is 2.32 bits per heavy atom. The summed E-state index contributed by atoms with van der Waals surface area (Å²) >= 11 is 0. The lowest BCUT2D eigenvalue weighted by Crippen LogP contribution is -2.16. The molecule has 0 aliphatic heterocycles. The molecule has 0 aliphatic carbocycles. The number of benzene rings is 2. The summed E-state index contributed by atoms with van der Waals surface area (Å²) in [5, 5.41) is 6.57. The summed E-state index contributed by atoms with van der Waals surface area (Å²) in [5.74, 6) is -0.578. The van der Waals surface area contributed by atoms with E-state index in [0.29, 0.717) is 15.8 Å². The zero-order valence-corrected chi connectivity index (χ0v) is 17.1. The molecule has 0 saturated carbocycles. The number of halogens is 3. The average Bonchev–Trinajstić information content (AvgIpc) is 3.14. The van der Waals surface area contributed by atoms with Crippen molar-refractivity contribution in [2.45, 2.75) is 26.9 Å². The number of amides is 1. The Morgan fingerprint density at radius 2 is 1.65 bits per heavy atom. The molecule has 0 fully saturated rings. The lowest BCUT2D eigenvalue weighted by molar-refractivity contribution is -0.142. The second-order valence-electron chi connectivity index (χ2n) is 7.46. The summed E-state index contributed by atoms with van der Waals surface area (Å²) in [4.78, 5) is 17.3. The van der Waals surface area contributed by atoms with Crippen LogP contribution < -0.4 is 5.32 Å². The van der Waals surface area contributed by atoms with Gasteiger partial charge in [0.05, 0.1) is 11.9 Å². The lowest BCUT2D eigenvalue weighted by Gasteiger charge is -2.12. The molecule has 8 heteroatoms. The van der Waals surface area contributed by atoms with Gasteiger partial charge in [0.25, 0.3) is 5.91 Å². The molecule has 0 bridgehead atoms. The Morgan fingerprint density at radius 1 is 0.968 bits per heavy atom. The monoisotopic (exact) mass is 424 g/mol. The van der Waals surface area contributed by atoms with Gasteiger partial charge in [0.15, 0.2) is 11.3 Å². The molecule has 158 valence electrons. The summed E-state index contributed by atoms with van der Waals surface area (Å²) < 4.78 is 41.9. The third kappa shape index (κ3) is 4.01. The molecular weight excluding hydrogens is 405 g/mol. The maximum Gasteiger partial charge on any atom is 0.433 e. The quantitative estimate of drug-likeness (QED) is 0.466. The second-order valence-corrected chi connectivity index (χ2v) is 7.46. The molecule has 1 amide bonds. The van der Waals surface area contributed by atoms with Gasteiger partial charge in [0, 0.05) is 11.3 Å². The van der Waals surface area contributed by atoms with Crippen molar-refractivity contribution in [2.24, 2.45) is 0 Å². The zero-order valence-electron chi connectivity index (χ0n) is 17.1. The standard InChI is InChI=1S/C23H19F3N4O/c1-13-5-8-16(9-6-13)19-11-20(23(24,25)26)30-21(28-19)17(12-27-30)22(31)29-18-10-14(2)4-7-15(18)3/h4-12H,1-3H3,(H,29,31). The Balaban J connectivity index is 1.85. The predicted octanol–water partition coefficient (Wildman–Crippen LogP) is 5.59. The van der Waals surface area contributed by atoms with E-state index in [0.717, 1.165) is 29.0 Å². The van der Waals surface area contributed by atoms with Crippen LogP contribution in [0.15, 0.2) is 54.7 Å². The maximum atomic E-state index is 13.7. The number of nitrogens with one attached hydrogen (secondary N) is 1. The number of carbonyl (C=O) groups excluding carboxylic acids is 1. The van der Waals surface area contributed by atoms with Crippen LogP contribution in [-0.2, 0) is 6.18 Å². The fourth-order valence-corrected chi connectivity index (χ4v) is 3.26. The van der Waals surface area contributed by atoms with Crippen molar-refractivity contribution in [3.63, 3.8) is 0 Å². The molecule has 4 aromatic rings. The number of anilines is 1. The van der Waals surface area contributed by atoms with Gasteiger partial charge in [0.1, 0.15) is 5.56 Å². The van der Waals surface area contributed by atoms with Gasteiger partial charge in [-0.25, -0.2) is 9.50 Å². The van der Waals surface area contributed by atoms with E-state index in [1.165, 1.54) is 0 Å². The molecule has 2 aromatic heterocycles. The van der Waals surface area contributed by atoms with E-state index in [1.54, 1.807) is 30.3 Å². The summed E-state index contributed by atoms with van der Waals surface area (Å²) in [6, 6.07) is 13.5. The molecule has 0 unspecified atom stereocenters. The molecule has 0 atom stereocenters. The zero-order chi connectivity index (χ0) is 22.3. The normalized spacial score (nSPS) is 11.7. The first-order valence-electron chi connectivity index (χ1n) is 9.55. The van der Waals surface area contributed by atoms with Crippen LogP contribution in [0.1, 0.15) is 32.7 Å². The van der Waals surface area contributed by atoms with E-state index in [9.17, 15) is 18.0 Å². The molecule has 0 aliphatic rings. The SMILES string of the molecule is Cc1ccc(-c2cc(C(F)(F)F)n3ncc(C(=O)Nc4cc(C)ccc4C)c3n2)cc1. The van der Waals surface area contributed by atoms with Crippen molar-refractivity contribution in [2.75, 3.05) is 5.32 Å². The number of nitrogens with zero attached hydrogens (tertiary/aromatic N) is 3. The maximum absolute atomic E-state index is 13.7. The topological polar surface area (TPSA) is 59.3 Å². The number of carbonyl (C=O) groups is 1. The summed E-state index contributed by atoms with van der Waals surface area (Å²) in [7, 11) is 0. The van der Waals surface area contributed by atoms with Crippen LogP contribution in [0.25, 0.3) is 16.9 Å². The summed E-state index contributed by atoms with van der Waals surface area (Å²) in [5.41, 5.74) is 2.75. The molecule has 0 spiro atoms. The first-order valence-corrected chi connectivity index (χ1v) is 9.55. The summed E-state index contributed by atoms with van der Waals surface area (Å²) in [6.07, 6.45) is -3.56. The van der Waals surface area contributed by atoms with Crippen LogP contribution in [0.4, 0.5) is 18.9 Å².